The molecule has 1 aromatic rings. The summed E-state index contributed by atoms with van der Waals surface area (Å²) in [6, 6.07) is 7.18. The van der Waals surface area contributed by atoms with Crippen LogP contribution < -0.4 is 16.4 Å². The summed E-state index contributed by atoms with van der Waals surface area (Å²) >= 11 is 0. The molecule has 0 aromatic heterocycles. The number of carbonyl (C=O) groups excluding carboxylic acids is 2. The highest BCUT2D eigenvalue weighted by molar-refractivity contribution is 5.94. The minimum Gasteiger partial charge on any atom is -0.448 e. The number of nitrogens with one attached hydrogen (secondary N) is 2. The summed E-state index contributed by atoms with van der Waals surface area (Å²) in [6.07, 6.45) is 0.197. The maximum Gasteiger partial charge on any atom is 0.404 e. The molecule has 6 nitrogen and oxygen atoms in total. The Kier molecular flexibility index (Phi) is 6.21. The molecule has 104 valence electrons. The largest absolute Gasteiger partial charge is 0.448 e. The first-order valence-electron chi connectivity index (χ1n) is 6.18. The molecule has 0 fully saturated rings. The van der Waals surface area contributed by atoms with Gasteiger partial charge < -0.3 is 21.1 Å². The number of nitrogens with two attached hydrogens (primary N) is 1. The second kappa shape index (κ2) is 7.97. The van der Waals surface area contributed by atoms with Gasteiger partial charge in [-0.25, -0.2) is 4.79 Å². The molecule has 0 unspecified atom stereocenters. The van der Waals surface area contributed by atoms with Crippen molar-refractivity contribution in [1.29, 1.82) is 0 Å². The van der Waals surface area contributed by atoms with E-state index in [1.54, 1.807) is 12.1 Å². The molecule has 1 aromatic carbocycles. The van der Waals surface area contributed by atoms with E-state index in [0.29, 0.717) is 5.56 Å². The van der Waals surface area contributed by atoms with Crippen molar-refractivity contribution in [3.05, 3.63) is 29.8 Å². The minimum atomic E-state index is -0.847. The van der Waals surface area contributed by atoms with Crippen LogP contribution in [-0.4, -0.2) is 31.7 Å². The molecule has 4 N–H and O–H groups in total. The van der Waals surface area contributed by atoms with Gasteiger partial charge in [0.05, 0.1) is 6.54 Å². The van der Waals surface area contributed by atoms with Gasteiger partial charge in [-0.05, 0) is 30.7 Å². The Morgan fingerprint density at radius 2 is 1.89 bits per heavy atom. The third-order valence-corrected chi connectivity index (χ3v) is 2.36. The van der Waals surface area contributed by atoms with E-state index in [9.17, 15) is 9.59 Å². The van der Waals surface area contributed by atoms with E-state index >= 15 is 0 Å². The van der Waals surface area contributed by atoms with E-state index < -0.39 is 6.09 Å². The van der Waals surface area contributed by atoms with Gasteiger partial charge in [0, 0.05) is 17.8 Å². The lowest BCUT2D eigenvalue weighted by molar-refractivity contribution is 0.0937. The van der Waals surface area contributed by atoms with Gasteiger partial charge in [0.2, 0.25) is 0 Å². The number of carbonyl (C=O) groups is 2. The summed E-state index contributed by atoms with van der Waals surface area (Å²) in [7, 11) is 0. The van der Waals surface area contributed by atoms with Crippen molar-refractivity contribution >= 4 is 17.7 Å². The number of ether oxygens (including phenoxy) is 1. The number of anilines is 1. The predicted octanol–water partition coefficient (Wildman–Crippen LogP) is 1.33. The Labute approximate surface area is 112 Å². The topological polar surface area (TPSA) is 93.4 Å². The fourth-order valence-electron chi connectivity index (χ4n) is 1.43. The number of hydrogen-bond donors (Lipinski definition) is 3. The summed E-state index contributed by atoms with van der Waals surface area (Å²) < 4.78 is 4.51. The van der Waals surface area contributed by atoms with E-state index in [1.165, 1.54) is 0 Å². The zero-order valence-electron chi connectivity index (χ0n) is 10.9. The maximum atomic E-state index is 11.7. The first kappa shape index (κ1) is 14.8. The molecular weight excluding hydrogens is 246 g/mol. The Hall–Kier alpha value is -2.24. The van der Waals surface area contributed by atoms with Crippen LogP contribution in [0.1, 0.15) is 23.7 Å². The molecule has 0 aliphatic rings. The fraction of sp³-hybridized carbons (Fsp3) is 0.385. The molecule has 19 heavy (non-hydrogen) atoms. The van der Waals surface area contributed by atoms with Gasteiger partial charge in [0.1, 0.15) is 6.61 Å². The van der Waals surface area contributed by atoms with Crippen molar-refractivity contribution in [2.45, 2.75) is 13.3 Å². The standard InChI is InChI=1S/C13H19N3O3/c1-2-7-15-11-5-3-10(4-6-11)12(17)16-8-9-19-13(14)18/h3-6,15H,2,7-9H2,1H3,(H2,14,18)(H,16,17). The summed E-state index contributed by atoms with van der Waals surface area (Å²) in [5.41, 5.74) is 6.33. The highest BCUT2D eigenvalue weighted by Gasteiger charge is 2.04. The zero-order valence-corrected chi connectivity index (χ0v) is 10.9. The van der Waals surface area contributed by atoms with E-state index in [1.807, 2.05) is 12.1 Å². The molecule has 6 heteroatoms. The Bertz CT molecular complexity index is 418. The average Bonchev–Trinajstić information content (AvgIpc) is 2.41. The van der Waals surface area contributed by atoms with Gasteiger partial charge >= 0.3 is 6.09 Å². The van der Waals surface area contributed by atoms with E-state index in [4.69, 9.17) is 5.73 Å². The van der Waals surface area contributed by atoms with Gasteiger partial charge in [-0.3, -0.25) is 4.79 Å². The molecule has 0 aliphatic heterocycles. The van der Waals surface area contributed by atoms with Crippen molar-refractivity contribution in [1.82, 2.24) is 5.32 Å². The Morgan fingerprint density at radius 3 is 2.47 bits per heavy atom. The Balaban J connectivity index is 2.37. The molecule has 0 bridgehead atoms. The zero-order chi connectivity index (χ0) is 14.1. The molecule has 0 radical (unpaired) electrons. The smallest absolute Gasteiger partial charge is 0.404 e. The second-order valence-electron chi connectivity index (χ2n) is 3.93. The van der Waals surface area contributed by atoms with Crippen LogP contribution in [-0.2, 0) is 4.74 Å². The van der Waals surface area contributed by atoms with Crippen LogP contribution in [0.15, 0.2) is 24.3 Å². The minimum absolute atomic E-state index is 0.0667. The van der Waals surface area contributed by atoms with Crippen molar-refractivity contribution in [2.24, 2.45) is 5.73 Å². The van der Waals surface area contributed by atoms with Gasteiger partial charge in [0.15, 0.2) is 0 Å². The van der Waals surface area contributed by atoms with Crippen LogP contribution in [0.25, 0.3) is 0 Å². The molecular formula is C13H19N3O3. The summed E-state index contributed by atoms with van der Waals surface area (Å²) in [6.45, 7) is 3.29. The molecule has 0 heterocycles. The predicted molar refractivity (Wildman–Crippen MR) is 73.1 cm³/mol. The monoisotopic (exact) mass is 265 g/mol. The van der Waals surface area contributed by atoms with Crippen LogP contribution >= 0.6 is 0 Å². The molecule has 0 aliphatic carbocycles. The van der Waals surface area contributed by atoms with Crippen molar-refractivity contribution in [2.75, 3.05) is 25.0 Å². The summed E-state index contributed by atoms with van der Waals surface area (Å²) in [5.74, 6) is -0.213. The van der Waals surface area contributed by atoms with Crippen molar-refractivity contribution < 1.29 is 14.3 Å². The molecule has 2 amide bonds. The molecule has 0 spiro atoms. The van der Waals surface area contributed by atoms with Crippen LogP contribution in [0.5, 0.6) is 0 Å². The lowest BCUT2D eigenvalue weighted by Gasteiger charge is -2.07. The van der Waals surface area contributed by atoms with Crippen molar-refractivity contribution in [3.8, 4) is 0 Å². The van der Waals surface area contributed by atoms with Crippen LogP contribution in [0.3, 0.4) is 0 Å². The summed E-state index contributed by atoms with van der Waals surface area (Å²) in [4.78, 5) is 22.0. The highest BCUT2D eigenvalue weighted by atomic mass is 16.5. The molecule has 0 saturated carbocycles. The number of amides is 2. The van der Waals surface area contributed by atoms with Crippen LogP contribution in [0, 0.1) is 0 Å². The van der Waals surface area contributed by atoms with Gasteiger partial charge in [-0.1, -0.05) is 6.92 Å². The van der Waals surface area contributed by atoms with Gasteiger partial charge in [0.25, 0.3) is 5.91 Å². The third kappa shape index (κ3) is 5.76. The lowest BCUT2D eigenvalue weighted by atomic mass is 10.2. The fourth-order valence-corrected chi connectivity index (χ4v) is 1.43. The number of rotatable bonds is 7. The normalized spacial score (nSPS) is 9.74. The maximum absolute atomic E-state index is 11.7. The highest BCUT2D eigenvalue weighted by Crippen LogP contribution is 2.09. The number of hydrogen-bond acceptors (Lipinski definition) is 4. The molecule has 0 saturated heterocycles. The summed E-state index contributed by atoms with van der Waals surface area (Å²) in [5, 5.41) is 5.85. The quantitative estimate of drug-likeness (QED) is 0.648. The van der Waals surface area contributed by atoms with E-state index in [-0.39, 0.29) is 19.1 Å². The van der Waals surface area contributed by atoms with Crippen molar-refractivity contribution in [3.63, 3.8) is 0 Å². The Morgan fingerprint density at radius 1 is 1.21 bits per heavy atom. The van der Waals surface area contributed by atoms with Gasteiger partial charge in [-0.2, -0.15) is 0 Å². The van der Waals surface area contributed by atoms with Gasteiger partial charge in [-0.15, -0.1) is 0 Å². The second-order valence-corrected chi connectivity index (χ2v) is 3.93. The average molecular weight is 265 g/mol. The number of primary amides is 1. The van der Waals surface area contributed by atoms with Crippen LogP contribution in [0.2, 0.25) is 0 Å². The molecule has 0 atom stereocenters. The lowest BCUT2D eigenvalue weighted by Crippen LogP contribution is -2.28. The number of benzene rings is 1. The van der Waals surface area contributed by atoms with E-state index in [2.05, 4.69) is 22.3 Å². The third-order valence-electron chi connectivity index (χ3n) is 2.36. The van der Waals surface area contributed by atoms with E-state index in [0.717, 1.165) is 18.7 Å². The van der Waals surface area contributed by atoms with Crippen LogP contribution in [0.4, 0.5) is 10.5 Å². The first-order chi connectivity index (χ1) is 9.13. The first-order valence-corrected chi connectivity index (χ1v) is 6.18. The SMILES string of the molecule is CCCNc1ccc(C(=O)NCCOC(N)=O)cc1. The molecule has 1 rings (SSSR count).